The Morgan fingerprint density at radius 2 is 1.72 bits per heavy atom. The second-order valence-corrected chi connectivity index (χ2v) is 5.81. The van der Waals surface area contributed by atoms with Crippen molar-refractivity contribution in [2.45, 2.75) is 64.5 Å². The average molecular weight is 245 g/mol. The van der Waals surface area contributed by atoms with Crippen LogP contribution in [0.3, 0.4) is 0 Å². The molecule has 1 aliphatic carbocycles. The summed E-state index contributed by atoms with van der Waals surface area (Å²) in [7, 11) is 0. The highest BCUT2D eigenvalue weighted by atomic mass is 15.0. The summed E-state index contributed by atoms with van der Waals surface area (Å²) in [6.45, 7) is 6.97. The molecule has 1 atom stereocenters. The van der Waals surface area contributed by atoms with Gasteiger partial charge in [0.2, 0.25) is 0 Å². The molecule has 1 fully saturated rings. The molecule has 0 bridgehead atoms. The highest BCUT2D eigenvalue weighted by molar-refractivity contribution is 5.22. The Kier molecular flexibility index (Phi) is 4.82. The summed E-state index contributed by atoms with van der Waals surface area (Å²) in [5.41, 5.74) is 1.52. The van der Waals surface area contributed by atoms with Crippen LogP contribution < -0.4 is 5.32 Å². The largest absolute Gasteiger partial charge is 0.311 e. The van der Waals surface area contributed by atoms with Gasteiger partial charge < -0.3 is 5.32 Å². The molecule has 0 saturated heterocycles. The smallest absolute Gasteiger partial charge is 0.00813 e. The molecular weight excluding hydrogens is 218 g/mol. The van der Waals surface area contributed by atoms with Gasteiger partial charge in [-0.25, -0.2) is 0 Å². The molecule has 1 aliphatic rings. The number of hydrogen-bond acceptors (Lipinski definition) is 1. The zero-order chi connectivity index (χ0) is 13.0. The van der Waals surface area contributed by atoms with Crippen molar-refractivity contribution >= 4 is 0 Å². The molecule has 0 aromatic heterocycles. The van der Waals surface area contributed by atoms with Crippen molar-refractivity contribution in [1.82, 2.24) is 5.32 Å². The van der Waals surface area contributed by atoms with Crippen LogP contribution in [0.5, 0.6) is 0 Å². The van der Waals surface area contributed by atoms with Crippen molar-refractivity contribution in [3.8, 4) is 0 Å². The van der Waals surface area contributed by atoms with Gasteiger partial charge in [-0.2, -0.15) is 0 Å². The normalized spacial score (nSPS) is 24.9. The molecule has 0 radical (unpaired) electrons. The molecular formula is C17H27N. The van der Waals surface area contributed by atoms with Crippen LogP contribution in [-0.2, 0) is 0 Å². The lowest BCUT2D eigenvalue weighted by Gasteiger charge is -2.39. The minimum atomic E-state index is 0.668. The van der Waals surface area contributed by atoms with Crippen LogP contribution in [0.25, 0.3) is 0 Å². The lowest BCUT2D eigenvalue weighted by atomic mass is 9.75. The predicted octanol–water partition coefficient (Wildman–Crippen LogP) is 4.35. The zero-order valence-electron chi connectivity index (χ0n) is 12.0. The third-order valence-electron chi connectivity index (χ3n) is 4.66. The molecule has 1 aromatic carbocycles. The summed E-state index contributed by atoms with van der Waals surface area (Å²) in [6.07, 6.45) is 5.21. The van der Waals surface area contributed by atoms with Crippen LogP contribution >= 0.6 is 0 Å². The predicted molar refractivity (Wildman–Crippen MR) is 78.9 cm³/mol. The molecule has 2 rings (SSSR count). The summed E-state index contributed by atoms with van der Waals surface area (Å²) in [5, 5.41) is 3.82. The van der Waals surface area contributed by atoms with Gasteiger partial charge >= 0.3 is 0 Å². The fourth-order valence-corrected chi connectivity index (χ4v) is 3.25. The molecule has 1 N–H and O–H groups in total. The second-order valence-electron chi connectivity index (χ2n) is 5.81. The van der Waals surface area contributed by atoms with E-state index in [2.05, 4.69) is 56.4 Å². The lowest BCUT2D eigenvalue weighted by Crippen LogP contribution is -2.46. The van der Waals surface area contributed by atoms with Crippen LogP contribution in [0.1, 0.15) is 57.9 Å². The van der Waals surface area contributed by atoms with Crippen molar-refractivity contribution in [3.63, 3.8) is 0 Å². The first kappa shape index (κ1) is 13.6. The van der Waals surface area contributed by atoms with E-state index in [1.54, 1.807) is 0 Å². The molecule has 1 nitrogen and oxygen atoms in total. The SMILES string of the molecule is CCC(CC)C(C)NC1CC(c2ccccc2)C1. The molecule has 0 spiro atoms. The molecule has 1 heteroatoms. The molecule has 1 aromatic rings. The van der Waals surface area contributed by atoms with Crippen LogP contribution in [0, 0.1) is 5.92 Å². The minimum Gasteiger partial charge on any atom is -0.311 e. The maximum atomic E-state index is 3.82. The summed E-state index contributed by atoms with van der Waals surface area (Å²) in [4.78, 5) is 0. The van der Waals surface area contributed by atoms with Crippen molar-refractivity contribution < 1.29 is 0 Å². The van der Waals surface area contributed by atoms with Gasteiger partial charge in [-0.15, -0.1) is 0 Å². The van der Waals surface area contributed by atoms with Crippen molar-refractivity contribution in [2.24, 2.45) is 5.92 Å². The van der Waals surface area contributed by atoms with E-state index in [9.17, 15) is 0 Å². The topological polar surface area (TPSA) is 12.0 Å². The Morgan fingerprint density at radius 3 is 2.28 bits per heavy atom. The van der Waals surface area contributed by atoms with Crippen molar-refractivity contribution in [1.29, 1.82) is 0 Å². The minimum absolute atomic E-state index is 0.668. The summed E-state index contributed by atoms with van der Waals surface area (Å²) in [5.74, 6) is 1.62. The summed E-state index contributed by atoms with van der Waals surface area (Å²) < 4.78 is 0. The fraction of sp³-hybridized carbons (Fsp3) is 0.647. The zero-order valence-corrected chi connectivity index (χ0v) is 12.0. The van der Waals surface area contributed by atoms with E-state index in [4.69, 9.17) is 0 Å². The van der Waals surface area contributed by atoms with Gasteiger partial charge in [0.1, 0.15) is 0 Å². The van der Waals surface area contributed by atoms with E-state index in [-0.39, 0.29) is 0 Å². The van der Waals surface area contributed by atoms with Crippen LogP contribution in [0.2, 0.25) is 0 Å². The average Bonchev–Trinajstić information content (AvgIpc) is 2.36. The van der Waals surface area contributed by atoms with Gasteiger partial charge in [0.05, 0.1) is 0 Å². The first-order chi connectivity index (χ1) is 8.74. The summed E-state index contributed by atoms with van der Waals surface area (Å²) >= 11 is 0. The molecule has 18 heavy (non-hydrogen) atoms. The first-order valence-corrected chi connectivity index (χ1v) is 7.55. The van der Waals surface area contributed by atoms with E-state index in [1.807, 2.05) is 0 Å². The highest BCUT2D eigenvalue weighted by Gasteiger charge is 2.31. The molecule has 100 valence electrons. The Balaban J connectivity index is 1.76. The van der Waals surface area contributed by atoms with E-state index >= 15 is 0 Å². The van der Waals surface area contributed by atoms with Gasteiger partial charge in [-0.05, 0) is 37.2 Å². The molecule has 0 aliphatic heterocycles. The van der Waals surface area contributed by atoms with Crippen LogP contribution in [0.4, 0.5) is 0 Å². The Hall–Kier alpha value is -0.820. The lowest BCUT2D eigenvalue weighted by molar-refractivity contribution is 0.232. The van der Waals surface area contributed by atoms with Gasteiger partial charge in [-0.1, -0.05) is 57.0 Å². The third kappa shape index (κ3) is 3.14. The van der Waals surface area contributed by atoms with Gasteiger partial charge in [0.15, 0.2) is 0 Å². The van der Waals surface area contributed by atoms with Crippen molar-refractivity contribution in [3.05, 3.63) is 35.9 Å². The number of benzene rings is 1. The second kappa shape index (κ2) is 6.38. The van der Waals surface area contributed by atoms with Gasteiger partial charge in [-0.3, -0.25) is 0 Å². The van der Waals surface area contributed by atoms with Crippen LogP contribution in [-0.4, -0.2) is 12.1 Å². The Labute approximate surface area is 112 Å². The van der Waals surface area contributed by atoms with E-state index in [1.165, 1.54) is 31.2 Å². The van der Waals surface area contributed by atoms with Crippen molar-refractivity contribution in [2.75, 3.05) is 0 Å². The number of nitrogens with one attached hydrogen (secondary N) is 1. The van der Waals surface area contributed by atoms with E-state index in [0.29, 0.717) is 6.04 Å². The van der Waals surface area contributed by atoms with E-state index < -0.39 is 0 Å². The molecule has 1 saturated carbocycles. The quantitative estimate of drug-likeness (QED) is 0.786. The maximum Gasteiger partial charge on any atom is 0.00813 e. The van der Waals surface area contributed by atoms with Gasteiger partial charge in [0.25, 0.3) is 0 Å². The molecule has 0 heterocycles. The highest BCUT2D eigenvalue weighted by Crippen LogP contribution is 2.37. The number of hydrogen-bond donors (Lipinski definition) is 1. The van der Waals surface area contributed by atoms with E-state index in [0.717, 1.165) is 17.9 Å². The first-order valence-electron chi connectivity index (χ1n) is 7.55. The number of rotatable bonds is 6. The fourth-order valence-electron chi connectivity index (χ4n) is 3.25. The Bertz CT molecular complexity index is 336. The standard InChI is InChI=1S/C17H27N/c1-4-14(5-2)13(3)18-17-11-16(12-17)15-9-7-6-8-10-15/h6-10,13-14,16-18H,4-5,11-12H2,1-3H3. The monoisotopic (exact) mass is 245 g/mol. The third-order valence-corrected chi connectivity index (χ3v) is 4.66. The summed E-state index contributed by atoms with van der Waals surface area (Å²) in [6, 6.07) is 12.4. The maximum absolute atomic E-state index is 3.82. The Morgan fingerprint density at radius 1 is 1.11 bits per heavy atom. The molecule has 1 unspecified atom stereocenters. The van der Waals surface area contributed by atoms with Crippen LogP contribution in [0.15, 0.2) is 30.3 Å². The van der Waals surface area contributed by atoms with Gasteiger partial charge in [0, 0.05) is 12.1 Å². The molecule has 0 amide bonds.